The Morgan fingerprint density at radius 2 is 2.05 bits per heavy atom. The van der Waals surface area contributed by atoms with Gasteiger partial charge in [0.05, 0.1) is 12.0 Å². The molecule has 1 aromatic carbocycles. The average Bonchev–Trinajstić information content (AvgIpc) is 2.42. The largest absolute Gasteiger partial charge is 0.494 e. The van der Waals surface area contributed by atoms with Gasteiger partial charge in [-0.1, -0.05) is 38.8 Å². The molecule has 0 aliphatic rings. The summed E-state index contributed by atoms with van der Waals surface area (Å²) in [5.74, 6) is -0.0167. The maximum atomic E-state index is 11.6. The highest BCUT2D eigenvalue weighted by molar-refractivity contribution is 5.81. The first kappa shape index (κ1) is 15.5. The van der Waals surface area contributed by atoms with Crippen molar-refractivity contribution in [3.8, 4) is 5.75 Å². The lowest BCUT2D eigenvalue weighted by Crippen LogP contribution is -2.32. The van der Waals surface area contributed by atoms with Crippen LogP contribution in [0.1, 0.15) is 52.0 Å². The molecule has 0 aliphatic heterocycles. The smallest absolute Gasteiger partial charge is 0.313 e. The minimum atomic E-state index is -0.832. The number of hydrogen-bond donors (Lipinski definition) is 1. The molecule has 0 saturated heterocycles. The SMILES string of the molecule is CCCCC(C)(C(=O)O)c1cccc(OCCC)c1. The molecule has 0 saturated carbocycles. The Balaban J connectivity index is 2.98. The summed E-state index contributed by atoms with van der Waals surface area (Å²) in [6.07, 6.45) is 3.49. The molecular formula is C16H24O3. The third-order valence-electron chi connectivity index (χ3n) is 3.45. The zero-order valence-corrected chi connectivity index (χ0v) is 12.1. The monoisotopic (exact) mass is 264 g/mol. The van der Waals surface area contributed by atoms with E-state index in [1.807, 2.05) is 31.2 Å². The third kappa shape index (κ3) is 3.98. The predicted molar refractivity (Wildman–Crippen MR) is 76.7 cm³/mol. The van der Waals surface area contributed by atoms with E-state index in [0.29, 0.717) is 13.0 Å². The normalized spacial score (nSPS) is 13.8. The molecule has 1 N–H and O–H groups in total. The number of benzene rings is 1. The van der Waals surface area contributed by atoms with Crippen LogP contribution < -0.4 is 4.74 Å². The highest BCUT2D eigenvalue weighted by atomic mass is 16.5. The summed E-state index contributed by atoms with van der Waals surface area (Å²) >= 11 is 0. The number of unbranched alkanes of at least 4 members (excludes halogenated alkanes) is 1. The van der Waals surface area contributed by atoms with Gasteiger partial charge in [0.2, 0.25) is 0 Å². The van der Waals surface area contributed by atoms with Crippen LogP contribution in [0.4, 0.5) is 0 Å². The van der Waals surface area contributed by atoms with Gasteiger partial charge >= 0.3 is 5.97 Å². The first-order valence-electron chi connectivity index (χ1n) is 7.01. The number of carboxylic acid groups (broad SMARTS) is 1. The van der Waals surface area contributed by atoms with Gasteiger partial charge in [-0.05, 0) is 37.5 Å². The number of hydrogen-bond acceptors (Lipinski definition) is 2. The fourth-order valence-electron chi connectivity index (χ4n) is 2.05. The van der Waals surface area contributed by atoms with Crippen LogP contribution in [0.2, 0.25) is 0 Å². The quantitative estimate of drug-likeness (QED) is 0.771. The van der Waals surface area contributed by atoms with Gasteiger partial charge < -0.3 is 9.84 Å². The lowest BCUT2D eigenvalue weighted by atomic mass is 9.78. The predicted octanol–water partition coefficient (Wildman–Crippen LogP) is 4.01. The van der Waals surface area contributed by atoms with Gasteiger partial charge in [0.25, 0.3) is 0 Å². The fourth-order valence-corrected chi connectivity index (χ4v) is 2.05. The standard InChI is InChI=1S/C16H24O3/c1-4-6-10-16(3,15(17)18)13-8-7-9-14(12-13)19-11-5-2/h7-9,12H,4-6,10-11H2,1-3H3,(H,17,18). The molecule has 0 bridgehead atoms. The van der Waals surface area contributed by atoms with Gasteiger partial charge in [-0.2, -0.15) is 0 Å². The third-order valence-corrected chi connectivity index (χ3v) is 3.45. The number of carboxylic acids is 1. The van der Waals surface area contributed by atoms with Crippen molar-refractivity contribution in [1.82, 2.24) is 0 Å². The Bertz CT molecular complexity index is 414. The summed E-state index contributed by atoms with van der Waals surface area (Å²) in [5, 5.41) is 9.54. The number of aliphatic carboxylic acids is 1. The molecule has 1 aromatic rings. The molecule has 0 heterocycles. The highest BCUT2D eigenvalue weighted by Crippen LogP contribution is 2.32. The van der Waals surface area contributed by atoms with Gasteiger partial charge in [0, 0.05) is 0 Å². The fraction of sp³-hybridized carbons (Fsp3) is 0.562. The topological polar surface area (TPSA) is 46.5 Å². The van der Waals surface area contributed by atoms with E-state index in [-0.39, 0.29) is 0 Å². The van der Waals surface area contributed by atoms with Gasteiger partial charge in [0.15, 0.2) is 0 Å². The van der Waals surface area contributed by atoms with Gasteiger partial charge in [-0.15, -0.1) is 0 Å². The maximum Gasteiger partial charge on any atom is 0.313 e. The molecule has 1 atom stereocenters. The molecule has 19 heavy (non-hydrogen) atoms. The number of ether oxygens (including phenoxy) is 1. The molecule has 1 unspecified atom stereocenters. The molecule has 3 heteroatoms. The minimum Gasteiger partial charge on any atom is -0.494 e. The zero-order chi connectivity index (χ0) is 14.3. The average molecular weight is 264 g/mol. The second kappa shape index (κ2) is 7.17. The lowest BCUT2D eigenvalue weighted by Gasteiger charge is -2.25. The number of rotatable bonds is 8. The van der Waals surface area contributed by atoms with Crippen molar-refractivity contribution in [2.75, 3.05) is 6.61 Å². The summed E-state index contributed by atoms with van der Waals surface area (Å²) in [5.41, 5.74) is -0.0104. The van der Waals surface area contributed by atoms with Crippen molar-refractivity contribution in [3.63, 3.8) is 0 Å². The molecule has 3 nitrogen and oxygen atoms in total. The summed E-state index contributed by atoms with van der Waals surface area (Å²) in [6.45, 7) is 6.57. The Morgan fingerprint density at radius 1 is 1.32 bits per heavy atom. The molecule has 0 aliphatic carbocycles. The van der Waals surface area contributed by atoms with Crippen molar-refractivity contribution in [2.45, 2.75) is 51.9 Å². The summed E-state index contributed by atoms with van der Waals surface area (Å²) in [7, 11) is 0. The van der Waals surface area contributed by atoms with Crippen LogP contribution in [0.3, 0.4) is 0 Å². The number of carbonyl (C=O) groups is 1. The maximum absolute atomic E-state index is 11.6. The lowest BCUT2D eigenvalue weighted by molar-refractivity contribution is -0.143. The molecule has 1 rings (SSSR count). The Labute approximate surface area is 115 Å². The molecule has 0 aromatic heterocycles. The van der Waals surface area contributed by atoms with E-state index < -0.39 is 11.4 Å². The molecule has 0 amide bonds. The first-order chi connectivity index (χ1) is 9.04. The van der Waals surface area contributed by atoms with E-state index in [4.69, 9.17) is 4.74 Å². The second-order valence-electron chi connectivity index (χ2n) is 5.12. The van der Waals surface area contributed by atoms with E-state index in [2.05, 4.69) is 6.92 Å². The molecule has 106 valence electrons. The van der Waals surface area contributed by atoms with Crippen LogP contribution >= 0.6 is 0 Å². The molecule has 0 fully saturated rings. The van der Waals surface area contributed by atoms with E-state index >= 15 is 0 Å². The Morgan fingerprint density at radius 3 is 2.63 bits per heavy atom. The Kier molecular flexibility index (Phi) is 5.87. The van der Waals surface area contributed by atoms with Gasteiger partial charge in [0.1, 0.15) is 5.75 Å². The summed E-state index contributed by atoms with van der Waals surface area (Å²) in [4.78, 5) is 11.6. The molecular weight excluding hydrogens is 240 g/mol. The minimum absolute atomic E-state index is 0.649. The van der Waals surface area contributed by atoms with Crippen molar-refractivity contribution in [2.24, 2.45) is 0 Å². The highest BCUT2D eigenvalue weighted by Gasteiger charge is 2.34. The van der Waals surface area contributed by atoms with E-state index in [1.165, 1.54) is 0 Å². The van der Waals surface area contributed by atoms with Crippen LogP contribution in [0.15, 0.2) is 24.3 Å². The van der Waals surface area contributed by atoms with Crippen LogP contribution in [0, 0.1) is 0 Å². The van der Waals surface area contributed by atoms with Crippen molar-refractivity contribution in [1.29, 1.82) is 0 Å². The van der Waals surface area contributed by atoms with Crippen LogP contribution in [-0.4, -0.2) is 17.7 Å². The molecule has 0 radical (unpaired) electrons. The second-order valence-corrected chi connectivity index (χ2v) is 5.12. The van der Waals surface area contributed by atoms with E-state index in [1.54, 1.807) is 6.92 Å². The van der Waals surface area contributed by atoms with Crippen LogP contribution in [-0.2, 0) is 10.2 Å². The summed E-state index contributed by atoms with van der Waals surface area (Å²) < 4.78 is 5.58. The van der Waals surface area contributed by atoms with Gasteiger partial charge in [-0.25, -0.2) is 0 Å². The molecule has 0 spiro atoms. The Hall–Kier alpha value is -1.51. The first-order valence-corrected chi connectivity index (χ1v) is 7.01. The van der Waals surface area contributed by atoms with Crippen LogP contribution in [0.25, 0.3) is 0 Å². The zero-order valence-electron chi connectivity index (χ0n) is 12.1. The summed E-state index contributed by atoms with van der Waals surface area (Å²) in [6, 6.07) is 7.48. The van der Waals surface area contributed by atoms with Crippen LogP contribution in [0.5, 0.6) is 5.75 Å². The van der Waals surface area contributed by atoms with E-state index in [0.717, 1.165) is 30.6 Å². The van der Waals surface area contributed by atoms with E-state index in [9.17, 15) is 9.90 Å². The van der Waals surface area contributed by atoms with Crippen molar-refractivity contribution < 1.29 is 14.6 Å². The van der Waals surface area contributed by atoms with Gasteiger partial charge in [-0.3, -0.25) is 4.79 Å². The van der Waals surface area contributed by atoms with Crippen molar-refractivity contribution >= 4 is 5.97 Å². The van der Waals surface area contributed by atoms with Crippen molar-refractivity contribution in [3.05, 3.63) is 29.8 Å².